The summed E-state index contributed by atoms with van der Waals surface area (Å²) in [5.74, 6) is -0.523. The summed E-state index contributed by atoms with van der Waals surface area (Å²) in [6.07, 6.45) is 0. The van der Waals surface area contributed by atoms with Crippen LogP contribution in [0.4, 0.5) is 5.69 Å². The molecular formula is C23H20N2O2. The molecule has 1 heterocycles. The second-order valence-corrected chi connectivity index (χ2v) is 6.75. The fourth-order valence-corrected chi connectivity index (χ4v) is 3.31. The molecule has 0 saturated carbocycles. The number of rotatable bonds is 3. The SMILES string of the molecule is Cc1ccc(CN2C(=O)c3ccccc3NC(c3ccccc3)C2=O)cc1. The highest BCUT2D eigenvalue weighted by Crippen LogP contribution is 2.30. The van der Waals surface area contributed by atoms with Gasteiger partial charge in [0.05, 0.1) is 12.1 Å². The topological polar surface area (TPSA) is 49.4 Å². The summed E-state index contributed by atoms with van der Waals surface area (Å²) < 4.78 is 0. The molecule has 0 aromatic heterocycles. The predicted molar refractivity (Wildman–Crippen MR) is 105 cm³/mol. The third-order valence-corrected chi connectivity index (χ3v) is 4.81. The molecule has 1 aliphatic rings. The number of imide groups is 1. The van der Waals surface area contributed by atoms with E-state index in [0.29, 0.717) is 11.3 Å². The summed E-state index contributed by atoms with van der Waals surface area (Å²) in [6.45, 7) is 2.26. The fourth-order valence-electron chi connectivity index (χ4n) is 3.31. The van der Waals surface area contributed by atoms with Gasteiger partial charge in [0.2, 0.25) is 0 Å². The predicted octanol–water partition coefficient (Wildman–Crippen LogP) is 4.33. The first-order valence-corrected chi connectivity index (χ1v) is 8.95. The molecule has 2 amide bonds. The Hall–Kier alpha value is -3.40. The number of anilines is 1. The Morgan fingerprint density at radius 2 is 1.52 bits per heavy atom. The molecule has 4 heteroatoms. The third-order valence-electron chi connectivity index (χ3n) is 4.81. The van der Waals surface area contributed by atoms with Gasteiger partial charge in [-0.25, -0.2) is 0 Å². The molecular weight excluding hydrogens is 336 g/mol. The lowest BCUT2D eigenvalue weighted by molar-refractivity contribution is -0.129. The zero-order chi connectivity index (χ0) is 18.8. The molecule has 3 aromatic carbocycles. The first-order valence-electron chi connectivity index (χ1n) is 8.95. The maximum atomic E-state index is 13.3. The van der Waals surface area contributed by atoms with Crippen molar-refractivity contribution in [3.63, 3.8) is 0 Å². The van der Waals surface area contributed by atoms with Gasteiger partial charge in [0.15, 0.2) is 0 Å². The number of nitrogens with zero attached hydrogens (tertiary/aromatic N) is 1. The third kappa shape index (κ3) is 3.34. The molecule has 1 atom stereocenters. The number of carbonyl (C=O) groups excluding carboxylic acids is 2. The zero-order valence-electron chi connectivity index (χ0n) is 15.1. The van der Waals surface area contributed by atoms with Crippen LogP contribution in [0.5, 0.6) is 0 Å². The van der Waals surface area contributed by atoms with Crippen molar-refractivity contribution in [3.8, 4) is 0 Å². The average Bonchev–Trinajstić information content (AvgIpc) is 2.81. The molecule has 0 bridgehead atoms. The maximum Gasteiger partial charge on any atom is 0.262 e. The molecule has 0 saturated heterocycles. The van der Waals surface area contributed by atoms with E-state index in [4.69, 9.17) is 0 Å². The molecule has 4 nitrogen and oxygen atoms in total. The Morgan fingerprint density at radius 3 is 2.26 bits per heavy atom. The molecule has 1 N–H and O–H groups in total. The van der Waals surface area contributed by atoms with Crippen molar-refractivity contribution >= 4 is 17.5 Å². The molecule has 0 aliphatic carbocycles. The van der Waals surface area contributed by atoms with Crippen LogP contribution in [0.3, 0.4) is 0 Å². The molecule has 134 valence electrons. The minimum absolute atomic E-state index is 0.247. The summed E-state index contributed by atoms with van der Waals surface area (Å²) in [5, 5.41) is 3.27. The summed E-state index contributed by atoms with van der Waals surface area (Å²) in [6, 6.07) is 24.1. The largest absolute Gasteiger partial charge is 0.369 e. The second kappa shape index (κ2) is 7.08. The Balaban J connectivity index is 1.77. The zero-order valence-corrected chi connectivity index (χ0v) is 15.1. The average molecular weight is 356 g/mol. The summed E-state index contributed by atoms with van der Waals surface area (Å²) in [7, 11) is 0. The number of benzene rings is 3. The van der Waals surface area contributed by atoms with Crippen molar-refractivity contribution in [2.24, 2.45) is 0 Å². The number of fused-ring (bicyclic) bond motifs is 1. The van der Waals surface area contributed by atoms with Gasteiger partial charge in [0.1, 0.15) is 6.04 Å². The van der Waals surface area contributed by atoms with Gasteiger partial charge in [-0.15, -0.1) is 0 Å². The van der Waals surface area contributed by atoms with Crippen LogP contribution in [-0.2, 0) is 11.3 Å². The van der Waals surface area contributed by atoms with Crippen LogP contribution >= 0.6 is 0 Å². The molecule has 3 aromatic rings. The number of amides is 2. The van der Waals surface area contributed by atoms with E-state index < -0.39 is 6.04 Å². The molecule has 0 fully saturated rings. The van der Waals surface area contributed by atoms with Crippen molar-refractivity contribution in [1.29, 1.82) is 0 Å². The van der Waals surface area contributed by atoms with Gasteiger partial charge in [-0.2, -0.15) is 0 Å². The van der Waals surface area contributed by atoms with E-state index in [1.54, 1.807) is 6.07 Å². The van der Waals surface area contributed by atoms with E-state index in [1.807, 2.05) is 79.7 Å². The van der Waals surface area contributed by atoms with Crippen LogP contribution in [0.2, 0.25) is 0 Å². The lowest BCUT2D eigenvalue weighted by Gasteiger charge is -2.23. The molecule has 1 unspecified atom stereocenters. The summed E-state index contributed by atoms with van der Waals surface area (Å²) >= 11 is 0. The highest BCUT2D eigenvalue weighted by Gasteiger charge is 2.35. The number of nitrogens with one attached hydrogen (secondary N) is 1. The first kappa shape index (κ1) is 17.0. The first-order chi connectivity index (χ1) is 13.1. The number of para-hydroxylation sites is 1. The van der Waals surface area contributed by atoms with Crippen molar-refractivity contribution in [2.45, 2.75) is 19.5 Å². The van der Waals surface area contributed by atoms with Crippen molar-refractivity contribution in [1.82, 2.24) is 4.90 Å². The summed E-state index contributed by atoms with van der Waals surface area (Å²) in [5.41, 5.74) is 4.09. The molecule has 4 rings (SSSR count). The van der Waals surface area contributed by atoms with Gasteiger partial charge in [0.25, 0.3) is 11.8 Å². The monoisotopic (exact) mass is 356 g/mol. The molecule has 27 heavy (non-hydrogen) atoms. The molecule has 1 aliphatic heterocycles. The van der Waals surface area contributed by atoms with Crippen molar-refractivity contribution < 1.29 is 9.59 Å². The minimum Gasteiger partial charge on any atom is -0.369 e. The Bertz CT molecular complexity index is 981. The molecule has 0 radical (unpaired) electrons. The highest BCUT2D eigenvalue weighted by atomic mass is 16.2. The van der Waals surface area contributed by atoms with Gasteiger partial charge in [-0.1, -0.05) is 72.3 Å². The van der Waals surface area contributed by atoms with Crippen LogP contribution in [0.1, 0.15) is 33.1 Å². The van der Waals surface area contributed by atoms with Crippen LogP contribution in [0.15, 0.2) is 78.9 Å². The number of carbonyl (C=O) groups is 2. The molecule has 0 spiro atoms. The van der Waals surface area contributed by atoms with E-state index in [2.05, 4.69) is 5.32 Å². The van der Waals surface area contributed by atoms with E-state index in [9.17, 15) is 9.59 Å². The highest BCUT2D eigenvalue weighted by molar-refractivity contribution is 6.11. The van der Waals surface area contributed by atoms with E-state index in [0.717, 1.165) is 16.7 Å². The lowest BCUT2D eigenvalue weighted by atomic mass is 10.1. The van der Waals surface area contributed by atoms with Crippen molar-refractivity contribution in [2.75, 3.05) is 5.32 Å². The van der Waals surface area contributed by atoms with Crippen LogP contribution < -0.4 is 5.32 Å². The second-order valence-electron chi connectivity index (χ2n) is 6.75. The number of hydrogen-bond acceptors (Lipinski definition) is 3. The Labute approximate surface area is 158 Å². The van der Waals surface area contributed by atoms with E-state index in [-0.39, 0.29) is 18.4 Å². The summed E-state index contributed by atoms with van der Waals surface area (Å²) in [4.78, 5) is 27.8. The van der Waals surface area contributed by atoms with Gasteiger partial charge >= 0.3 is 0 Å². The van der Waals surface area contributed by atoms with Gasteiger partial charge in [-0.3, -0.25) is 14.5 Å². The fraction of sp³-hybridized carbons (Fsp3) is 0.130. The quantitative estimate of drug-likeness (QED) is 0.711. The number of aryl methyl sites for hydroxylation is 1. The van der Waals surface area contributed by atoms with E-state index in [1.165, 1.54) is 4.90 Å². The lowest BCUT2D eigenvalue weighted by Crippen LogP contribution is -2.39. The Kier molecular flexibility index (Phi) is 4.47. The van der Waals surface area contributed by atoms with E-state index >= 15 is 0 Å². The standard InChI is InChI=1S/C23H20N2O2/c1-16-11-13-17(14-12-16)15-25-22(26)19-9-5-6-10-20(19)24-21(23(25)27)18-7-3-2-4-8-18/h2-14,21,24H,15H2,1H3. The van der Waals surface area contributed by atoms with Gasteiger partial charge in [-0.05, 0) is 30.2 Å². The van der Waals surface area contributed by atoms with Crippen LogP contribution in [0.25, 0.3) is 0 Å². The minimum atomic E-state index is -0.607. The van der Waals surface area contributed by atoms with Crippen molar-refractivity contribution in [3.05, 3.63) is 101 Å². The number of hydrogen-bond donors (Lipinski definition) is 1. The Morgan fingerprint density at radius 1 is 0.852 bits per heavy atom. The smallest absolute Gasteiger partial charge is 0.262 e. The van der Waals surface area contributed by atoms with Crippen LogP contribution in [-0.4, -0.2) is 16.7 Å². The van der Waals surface area contributed by atoms with Gasteiger partial charge < -0.3 is 5.32 Å². The van der Waals surface area contributed by atoms with Crippen LogP contribution in [0, 0.1) is 6.92 Å². The maximum absolute atomic E-state index is 13.3. The normalized spacial score (nSPS) is 16.5. The van der Waals surface area contributed by atoms with Gasteiger partial charge in [0, 0.05) is 5.69 Å².